The van der Waals surface area contributed by atoms with Crippen molar-refractivity contribution in [1.82, 2.24) is 4.90 Å². The number of hydrogen-bond acceptors (Lipinski definition) is 2. The van der Waals surface area contributed by atoms with Crippen LogP contribution in [0.2, 0.25) is 0 Å². The molecule has 1 unspecified atom stereocenters. The number of benzene rings is 1. The molecule has 2 nitrogen and oxygen atoms in total. The van der Waals surface area contributed by atoms with Gasteiger partial charge in [-0.15, -0.1) is 0 Å². The van der Waals surface area contributed by atoms with E-state index in [1.54, 1.807) is 6.92 Å². The summed E-state index contributed by atoms with van der Waals surface area (Å²) >= 11 is 0. The summed E-state index contributed by atoms with van der Waals surface area (Å²) in [5, 5.41) is 0. The highest BCUT2D eigenvalue weighted by atomic mass is 16.1. The van der Waals surface area contributed by atoms with Crippen LogP contribution in [0.5, 0.6) is 0 Å². The van der Waals surface area contributed by atoms with Crippen LogP contribution in [-0.2, 0) is 11.2 Å². The van der Waals surface area contributed by atoms with Crippen molar-refractivity contribution in [2.45, 2.75) is 32.6 Å². The van der Waals surface area contributed by atoms with Gasteiger partial charge in [-0.05, 0) is 51.3 Å². The predicted octanol–water partition coefficient (Wildman–Crippen LogP) is 2.92. The van der Waals surface area contributed by atoms with E-state index in [1.807, 2.05) is 0 Å². The van der Waals surface area contributed by atoms with Crippen LogP contribution in [0, 0.1) is 5.92 Å². The fourth-order valence-corrected chi connectivity index (χ4v) is 2.74. The minimum Gasteiger partial charge on any atom is -0.303 e. The standard InChI is InChI=1S/C16H23NO/c1-14(18)16-10-6-12-17(13-16)11-5-9-15-7-3-2-4-8-15/h2-4,7-8,16H,5-6,9-13H2,1H3. The van der Waals surface area contributed by atoms with Gasteiger partial charge in [0.2, 0.25) is 0 Å². The third kappa shape index (κ3) is 3.95. The van der Waals surface area contributed by atoms with Gasteiger partial charge in [-0.2, -0.15) is 0 Å². The van der Waals surface area contributed by atoms with Gasteiger partial charge in [-0.25, -0.2) is 0 Å². The van der Waals surface area contributed by atoms with Crippen molar-refractivity contribution in [3.05, 3.63) is 35.9 Å². The Kier molecular flexibility index (Phi) is 4.94. The maximum atomic E-state index is 11.4. The van der Waals surface area contributed by atoms with Crippen molar-refractivity contribution in [1.29, 1.82) is 0 Å². The molecule has 0 aliphatic carbocycles. The maximum Gasteiger partial charge on any atom is 0.134 e. The molecule has 0 saturated carbocycles. The van der Waals surface area contributed by atoms with Crippen LogP contribution in [0.25, 0.3) is 0 Å². The van der Waals surface area contributed by atoms with E-state index < -0.39 is 0 Å². The van der Waals surface area contributed by atoms with Crippen molar-refractivity contribution in [2.24, 2.45) is 5.92 Å². The van der Waals surface area contributed by atoms with E-state index in [4.69, 9.17) is 0 Å². The molecule has 1 heterocycles. The first-order valence-electron chi connectivity index (χ1n) is 7.02. The van der Waals surface area contributed by atoms with Gasteiger partial charge < -0.3 is 4.90 Å². The fourth-order valence-electron chi connectivity index (χ4n) is 2.74. The Hall–Kier alpha value is -1.15. The number of carbonyl (C=O) groups is 1. The Bertz CT molecular complexity index is 374. The van der Waals surface area contributed by atoms with Crippen molar-refractivity contribution < 1.29 is 4.79 Å². The molecule has 1 atom stereocenters. The van der Waals surface area contributed by atoms with E-state index >= 15 is 0 Å². The number of ketones is 1. The van der Waals surface area contributed by atoms with Crippen LogP contribution in [0.4, 0.5) is 0 Å². The van der Waals surface area contributed by atoms with Gasteiger partial charge in [0.05, 0.1) is 0 Å². The van der Waals surface area contributed by atoms with Gasteiger partial charge >= 0.3 is 0 Å². The summed E-state index contributed by atoms with van der Waals surface area (Å²) in [6.45, 7) is 5.00. The summed E-state index contributed by atoms with van der Waals surface area (Å²) in [6.07, 6.45) is 4.59. The van der Waals surface area contributed by atoms with Gasteiger partial charge in [0.25, 0.3) is 0 Å². The van der Waals surface area contributed by atoms with Gasteiger partial charge in [0.15, 0.2) is 0 Å². The van der Waals surface area contributed by atoms with Crippen LogP contribution in [0.15, 0.2) is 30.3 Å². The quantitative estimate of drug-likeness (QED) is 0.795. The number of likely N-dealkylation sites (tertiary alicyclic amines) is 1. The molecular weight excluding hydrogens is 222 g/mol. The number of aryl methyl sites for hydroxylation is 1. The zero-order valence-electron chi connectivity index (χ0n) is 11.3. The van der Waals surface area contributed by atoms with Crippen molar-refractivity contribution in [3.8, 4) is 0 Å². The number of rotatable bonds is 5. The first-order chi connectivity index (χ1) is 8.75. The summed E-state index contributed by atoms with van der Waals surface area (Å²) in [5.74, 6) is 0.651. The molecule has 2 heteroatoms. The van der Waals surface area contributed by atoms with Crippen molar-refractivity contribution in [3.63, 3.8) is 0 Å². The van der Waals surface area contributed by atoms with Crippen LogP contribution >= 0.6 is 0 Å². The van der Waals surface area contributed by atoms with E-state index in [0.717, 1.165) is 25.9 Å². The van der Waals surface area contributed by atoms with Gasteiger partial charge in [0.1, 0.15) is 5.78 Å². The Balaban J connectivity index is 1.72. The van der Waals surface area contributed by atoms with Gasteiger partial charge in [-0.3, -0.25) is 4.79 Å². The van der Waals surface area contributed by atoms with Crippen LogP contribution < -0.4 is 0 Å². The van der Waals surface area contributed by atoms with Crippen molar-refractivity contribution >= 4 is 5.78 Å². The SMILES string of the molecule is CC(=O)C1CCCN(CCCc2ccccc2)C1. The molecule has 1 aromatic carbocycles. The lowest BCUT2D eigenvalue weighted by Crippen LogP contribution is -2.38. The van der Waals surface area contributed by atoms with Crippen LogP contribution in [0.3, 0.4) is 0 Å². The third-order valence-electron chi connectivity index (χ3n) is 3.86. The zero-order valence-corrected chi connectivity index (χ0v) is 11.3. The molecule has 0 spiro atoms. The second-order valence-electron chi connectivity index (χ2n) is 5.34. The first kappa shape index (κ1) is 13.3. The minimum atomic E-state index is 0.287. The average molecular weight is 245 g/mol. The van der Waals surface area contributed by atoms with Crippen molar-refractivity contribution in [2.75, 3.05) is 19.6 Å². The van der Waals surface area contributed by atoms with Gasteiger partial charge in [0, 0.05) is 12.5 Å². The van der Waals surface area contributed by atoms with E-state index in [-0.39, 0.29) is 5.92 Å². The highest BCUT2D eigenvalue weighted by Crippen LogP contribution is 2.17. The normalized spacial score (nSPS) is 20.8. The van der Waals surface area contributed by atoms with E-state index in [1.165, 1.54) is 24.9 Å². The largest absolute Gasteiger partial charge is 0.303 e. The summed E-state index contributed by atoms with van der Waals surface area (Å²) < 4.78 is 0. The molecule has 0 radical (unpaired) electrons. The molecule has 0 N–H and O–H groups in total. The molecule has 1 saturated heterocycles. The molecule has 18 heavy (non-hydrogen) atoms. The lowest BCUT2D eigenvalue weighted by molar-refractivity contribution is -0.122. The van der Waals surface area contributed by atoms with E-state index in [0.29, 0.717) is 5.78 Å². The maximum absolute atomic E-state index is 11.4. The Morgan fingerprint density at radius 3 is 2.83 bits per heavy atom. The lowest BCUT2D eigenvalue weighted by Gasteiger charge is -2.31. The topological polar surface area (TPSA) is 20.3 Å². The highest BCUT2D eigenvalue weighted by molar-refractivity contribution is 5.78. The van der Waals surface area contributed by atoms with E-state index in [2.05, 4.69) is 35.2 Å². The second kappa shape index (κ2) is 6.69. The van der Waals surface area contributed by atoms with Crippen LogP contribution in [0.1, 0.15) is 31.7 Å². The number of piperidine rings is 1. The fraction of sp³-hybridized carbons (Fsp3) is 0.562. The molecule has 98 valence electrons. The molecule has 2 rings (SSSR count). The summed E-state index contributed by atoms with van der Waals surface area (Å²) in [4.78, 5) is 13.9. The number of Topliss-reactive ketones (excluding diaryl/α,β-unsaturated/α-hetero) is 1. The number of carbonyl (C=O) groups excluding carboxylic acids is 1. The minimum absolute atomic E-state index is 0.287. The number of hydrogen-bond donors (Lipinski definition) is 0. The Morgan fingerprint density at radius 2 is 2.11 bits per heavy atom. The monoisotopic (exact) mass is 245 g/mol. The number of nitrogens with zero attached hydrogens (tertiary/aromatic N) is 1. The highest BCUT2D eigenvalue weighted by Gasteiger charge is 2.22. The molecule has 0 bridgehead atoms. The third-order valence-corrected chi connectivity index (χ3v) is 3.86. The first-order valence-corrected chi connectivity index (χ1v) is 7.02. The Labute approximate surface area is 110 Å². The van der Waals surface area contributed by atoms with Crippen LogP contribution in [-0.4, -0.2) is 30.3 Å². The van der Waals surface area contributed by atoms with E-state index in [9.17, 15) is 4.79 Å². The second-order valence-corrected chi connectivity index (χ2v) is 5.34. The molecule has 1 aromatic rings. The lowest BCUT2D eigenvalue weighted by atomic mass is 9.94. The smallest absolute Gasteiger partial charge is 0.134 e. The molecule has 0 amide bonds. The molecule has 0 aromatic heterocycles. The molecule has 1 aliphatic rings. The summed E-state index contributed by atoms with van der Waals surface area (Å²) in [7, 11) is 0. The molecular formula is C16H23NO. The molecule has 1 aliphatic heterocycles. The average Bonchev–Trinajstić information content (AvgIpc) is 2.40. The summed E-state index contributed by atoms with van der Waals surface area (Å²) in [5.41, 5.74) is 1.41. The zero-order chi connectivity index (χ0) is 12.8. The molecule has 1 fully saturated rings. The summed E-state index contributed by atoms with van der Waals surface area (Å²) in [6, 6.07) is 10.6. The van der Waals surface area contributed by atoms with Gasteiger partial charge in [-0.1, -0.05) is 30.3 Å². The Morgan fingerprint density at radius 1 is 1.33 bits per heavy atom. The predicted molar refractivity (Wildman–Crippen MR) is 74.6 cm³/mol.